The van der Waals surface area contributed by atoms with Crippen LogP contribution >= 0.6 is 11.8 Å². The number of aromatic carboxylic acids is 1. The van der Waals surface area contributed by atoms with E-state index < -0.39 is 5.97 Å². The molecule has 0 radical (unpaired) electrons. The highest BCUT2D eigenvalue weighted by Crippen LogP contribution is 2.11. The summed E-state index contributed by atoms with van der Waals surface area (Å²) in [7, 11) is 0. The maximum absolute atomic E-state index is 11.5. The monoisotopic (exact) mass is 255 g/mol. The molecule has 0 saturated heterocycles. The lowest BCUT2D eigenvalue weighted by molar-refractivity contribution is -0.113. The summed E-state index contributed by atoms with van der Waals surface area (Å²) in [4.78, 5) is 29.7. The van der Waals surface area contributed by atoms with Gasteiger partial charge in [-0.1, -0.05) is 13.8 Å². The highest BCUT2D eigenvalue weighted by molar-refractivity contribution is 8.00. The van der Waals surface area contributed by atoms with E-state index in [0.717, 1.165) is 0 Å². The molecule has 0 aliphatic rings. The largest absolute Gasteiger partial charge is 0.476 e. The number of nitrogens with one attached hydrogen (secondary N) is 1. The highest BCUT2D eigenvalue weighted by atomic mass is 32.2. The third-order valence-corrected chi connectivity index (χ3v) is 2.80. The molecule has 0 saturated carbocycles. The molecule has 0 aromatic carbocycles. The lowest BCUT2D eigenvalue weighted by Gasteiger charge is -2.07. The van der Waals surface area contributed by atoms with Crippen LogP contribution in [-0.4, -0.2) is 38.0 Å². The molecule has 0 fully saturated rings. The number of hydrogen-bond donors (Lipinski definition) is 2. The summed E-state index contributed by atoms with van der Waals surface area (Å²) >= 11 is 1.47. The predicted octanol–water partition coefficient (Wildman–Crippen LogP) is 1.25. The maximum Gasteiger partial charge on any atom is 0.358 e. The van der Waals surface area contributed by atoms with Gasteiger partial charge in [-0.15, -0.1) is 11.8 Å². The standard InChI is InChI=1S/C10H13N3O3S/c1-6(2)17-5-7(14)13-9-8(10(15)16)11-3-4-12-9/h3-4,6H,5H2,1-2H3,(H,15,16)(H,12,13,14). The molecule has 0 aliphatic heterocycles. The van der Waals surface area contributed by atoms with Crippen molar-refractivity contribution in [2.24, 2.45) is 0 Å². The number of aromatic nitrogens is 2. The average Bonchev–Trinajstić information content (AvgIpc) is 2.27. The van der Waals surface area contributed by atoms with Crippen molar-refractivity contribution in [2.45, 2.75) is 19.1 Å². The van der Waals surface area contributed by atoms with Crippen molar-refractivity contribution in [2.75, 3.05) is 11.1 Å². The Bertz CT molecular complexity index is 423. The third-order valence-electron chi connectivity index (χ3n) is 1.71. The molecule has 0 bridgehead atoms. The predicted molar refractivity (Wildman–Crippen MR) is 65.2 cm³/mol. The van der Waals surface area contributed by atoms with Crippen LogP contribution in [0.4, 0.5) is 5.82 Å². The van der Waals surface area contributed by atoms with Crippen LogP contribution in [0.15, 0.2) is 12.4 Å². The minimum absolute atomic E-state index is 0.0191. The molecule has 1 heterocycles. The summed E-state index contributed by atoms with van der Waals surface area (Å²) < 4.78 is 0. The van der Waals surface area contributed by atoms with Gasteiger partial charge in [0.2, 0.25) is 5.91 Å². The van der Waals surface area contributed by atoms with E-state index in [0.29, 0.717) is 5.25 Å². The number of carbonyl (C=O) groups is 2. The Labute approximate surface area is 103 Å². The molecule has 0 unspecified atom stereocenters. The van der Waals surface area contributed by atoms with Crippen molar-refractivity contribution in [1.29, 1.82) is 0 Å². The van der Waals surface area contributed by atoms with Crippen molar-refractivity contribution in [1.82, 2.24) is 9.97 Å². The van der Waals surface area contributed by atoms with Gasteiger partial charge in [0.25, 0.3) is 0 Å². The summed E-state index contributed by atoms with van der Waals surface area (Å²) in [5.74, 6) is -1.27. The molecule has 1 aromatic rings. The first-order chi connectivity index (χ1) is 8.00. The van der Waals surface area contributed by atoms with Crippen molar-refractivity contribution in [3.63, 3.8) is 0 Å². The summed E-state index contributed by atoms with van der Waals surface area (Å²) in [6.07, 6.45) is 2.60. The van der Waals surface area contributed by atoms with E-state index in [2.05, 4.69) is 15.3 Å². The van der Waals surface area contributed by atoms with Gasteiger partial charge in [0.05, 0.1) is 5.75 Å². The van der Waals surface area contributed by atoms with Gasteiger partial charge in [-0.3, -0.25) is 4.79 Å². The summed E-state index contributed by atoms with van der Waals surface area (Å²) in [6.45, 7) is 3.95. The SMILES string of the molecule is CC(C)SCC(=O)Nc1nccnc1C(=O)O. The highest BCUT2D eigenvalue weighted by Gasteiger charge is 2.14. The second-order valence-corrected chi connectivity index (χ2v) is 5.03. The summed E-state index contributed by atoms with van der Waals surface area (Å²) in [5, 5.41) is 11.6. The number of nitrogens with zero attached hydrogens (tertiary/aromatic N) is 2. The second-order valence-electron chi connectivity index (χ2n) is 3.47. The normalized spacial score (nSPS) is 10.3. The van der Waals surface area contributed by atoms with E-state index in [1.54, 1.807) is 0 Å². The maximum atomic E-state index is 11.5. The number of carbonyl (C=O) groups excluding carboxylic acids is 1. The molecule has 2 N–H and O–H groups in total. The van der Waals surface area contributed by atoms with Crippen LogP contribution in [0.3, 0.4) is 0 Å². The molecular weight excluding hydrogens is 242 g/mol. The van der Waals surface area contributed by atoms with Crippen molar-refractivity contribution in [3.05, 3.63) is 18.1 Å². The van der Waals surface area contributed by atoms with E-state index >= 15 is 0 Å². The van der Waals surface area contributed by atoms with Crippen LogP contribution in [0.2, 0.25) is 0 Å². The van der Waals surface area contributed by atoms with Crippen LogP contribution in [0.5, 0.6) is 0 Å². The number of thioether (sulfide) groups is 1. The number of hydrogen-bond acceptors (Lipinski definition) is 5. The first-order valence-corrected chi connectivity index (χ1v) is 6.01. The Kier molecular flexibility index (Phi) is 4.89. The summed E-state index contributed by atoms with van der Waals surface area (Å²) in [5.41, 5.74) is -0.254. The lowest BCUT2D eigenvalue weighted by Crippen LogP contribution is -2.19. The fraction of sp³-hybridized carbons (Fsp3) is 0.400. The third kappa shape index (κ3) is 4.39. The van der Waals surface area contributed by atoms with Gasteiger partial charge in [-0.05, 0) is 5.25 Å². The van der Waals surface area contributed by atoms with Crippen LogP contribution < -0.4 is 5.32 Å². The fourth-order valence-electron chi connectivity index (χ4n) is 0.997. The first-order valence-electron chi connectivity index (χ1n) is 4.96. The zero-order valence-corrected chi connectivity index (χ0v) is 10.3. The molecule has 0 aliphatic carbocycles. The number of anilines is 1. The zero-order valence-electron chi connectivity index (χ0n) is 9.51. The number of carboxylic acids is 1. The minimum Gasteiger partial charge on any atom is -0.476 e. The molecule has 17 heavy (non-hydrogen) atoms. The van der Waals surface area contributed by atoms with E-state index in [-0.39, 0.29) is 23.2 Å². The Morgan fingerprint density at radius 2 is 2.06 bits per heavy atom. The van der Waals surface area contributed by atoms with E-state index in [4.69, 9.17) is 5.11 Å². The Hall–Kier alpha value is -1.63. The zero-order chi connectivity index (χ0) is 12.8. The van der Waals surface area contributed by atoms with Crippen molar-refractivity contribution >= 4 is 29.5 Å². The molecule has 92 valence electrons. The van der Waals surface area contributed by atoms with Crippen LogP contribution in [0, 0.1) is 0 Å². The average molecular weight is 255 g/mol. The van der Waals surface area contributed by atoms with Crippen molar-refractivity contribution in [3.8, 4) is 0 Å². The minimum atomic E-state index is -1.22. The van der Waals surface area contributed by atoms with Gasteiger partial charge in [0.15, 0.2) is 11.5 Å². The Morgan fingerprint density at radius 1 is 1.41 bits per heavy atom. The smallest absolute Gasteiger partial charge is 0.358 e. The van der Waals surface area contributed by atoms with Gasteiger partial charge in [0.1, 0.15) is 0 Å². The topological polar surface area (TPSA) is 92.2 Å². The number of amides is 1. The van der Waals surface area contributed by atoms with Gasteiger partial charge in [-0.25, -0.2) is 14.8 Å². The molecule has 1 rings (SSSR count). The Morgan fingerprint density at radius 3 is 2.65 bits per heavy atom. The van der Waals surface area contributed by atoms with Crippen LogP contribution in [0.25, 0.3) is 0 Å². The van der Waals surface area contributed by atoms with E-state index in [1.807, 2.05) is 13.8 Å². The van der Waals surface area contributed by atoms with Gasteiger partial charge >= 0.3 is 5.97 Å². The Balaban J connectivity index is 2.68. The quantitative estimate of drug-likeness (QED) is 0.822. The lowest BCUT2D eigenvalue weighted by atomic mass is 10.4. The summed E-state index contributed by atoms with van der Waals surface area (Å²) in [6, 6.07) is 0. The van der Waals surface area contributed by atoms with E-state index in [1.165, 1.54) is 24.2 Å². The molecule has 1 amide bonds. The first kappa shape index (κ1) is 13.4. The van der Waals surface area contributed by atoms with Crippen LogP contribution in [-0.2, 0) is 4.79 Å². The van der Waals surface area contributed by atoms with Gasteiger partial charge in [0, 0.05) is 12.4 Å². The van der Waals surface area contributed by atoms with Gasteiger partial charge in [-0.2, -0.15) is 0 Å². The van der Waals surface area contributed by atoms with Gasteiger partial charge < -0.3 is 10.4 Å². The number of rotatable bonds is 5. The number of carboxylic acid groups (broad SMARTS) is 1. The van der Waals surface area contributed by atoms with Crippen LogP contribution in [0.1, 0.15) is 24.3 Å². The second kappa shape index (κ2) is 6.19. The molecule has 0 atom stereocenters. The molecule has 6 nitrogen and oxygen atoms in total. The fourth-order valence-corrected chi connectivity index (χ4v) is 1.55. The van der Waals surface area contributed by atoms with E-state index in [9.17, 15) is 9.59 Å². The molecule has 1 aromatic heterocycles. The molecular formula is C10H13N3O3S. The molecule has 7 heteroatoms. The molecule has 0 spiro atoms. The van der Waals surface area contributed by atoms with Crippen molar-refractivity contribution < 1.29 is 14.7 Å².